The average Bonchev–Trinajstić information content (AvgIpc) is 3.17. The van der Waals surface area contributed by atoms with Gasteiger partial charge in [-0.2, -0.15) is 0 Å². The fourth-order valence-corrected chi connectivity index (χ4v) is 6.64. The van der Waals surface area contributed by atoms with Crippen LogP contribution < -0.4 is 5.32 Å². The van der Waals surface area contributed by atoms with Crippen LogP contribution in [0.15, 0.2) is 24.3 Å². The maximum atomic E-state index is 13.0. The van der Waals surface area contributed by atoms with E-state index in [9.17, 15) is 45.6 Å². The van der Waals surface area contributed by atoms with Crippen LogP contribution in [0.3, 0.4) is 0 Å². The van der Waals surface area contributed by atoms with Gasteiger partial charge in [0.1, 0.15) is 48.8 Å². The minimum absolute atomic E-state index is 0.256. The van der Waals surface area contributed by atoms with Gasteiger partial charge >= 0.3 is 0 Å². The molecule has 12 unspecified atom stereocenters. The van der Waals surface area contributed by atoms with E-state index in [2.05, 4.69) is 31.3 Å². The highest BCUT2D eigenvalue weighted by Gasteiger charge is 2.50. The second-order valence-corrected chi connectivity index (χ2v) is 14.8. The molecule has 14 nitrogen and oxygen atoms in total. The standard InChI is InChI=1S/C40H73NO13/c1-3-5-7-9-11-13-14-15-16-18-20-22-24-32(45)41-28(29(44)23-21-19-17-12-10-8-6-4-2)27-51-39-37(50)35(48)38(31(26-43)53-39)54-40-36(49)34(47)33(46)30(25-42)52-40/h10,12,21,23,28-31,33-40,42-44,46-50H,3-9,11,13-20,22,24-27H2,1-2H3,(H,41,45)/b12-10+,23-21+. The van der Waals surface area contributed by atoms with Crippen LogP contribution in [0, 0.1) is 0 Å². The quantitative estimate of drug-likeness (QED) is 0.0394. The molecule has 9 N–H and O–H groups in total. The van der Waals surface area contributed by atoms with Gasteiger partial charge in [-0.15, -0.1) is 0 Å². The number of hydrogen-bond acceptors (Lipinski definition) is 13. The molecular formula is C40H73NO13. The molecule has 2 rings (SSSR count). The molecule has 0 bridgehead atoms. The number of unbranched alkanes of at least 4 members (excludes halogenated alkanes) is 14. The van der Waals surface area contributed by atoms with Crippen molar-refractivity contribution in [1.82, 2.24) is 5.32 Å². The zero-order valence-corrected chi connectivity index (χ0v) is 32.7. The second kappa shape index (κ2) is 28.8. The third kappa shape index (κ3) is 17.7. The van der Waals surface area contributed by atoms with Crippen molar-refractivity contribution in [2.75, 3.05) is 19.8 Å². The number of hydrogen-bond donors (Lipinski definition) is 9. The first-order valence-electron chi connectivity index (χ1n) is 20.6. The maximum absolute atomic E-state index is 13.0. The third-order valence-electron chi connectivity index (χ3n) is 10.1. The average molecular weight is 776 g/mol. The SMILES string of the molecule is CCCC/C=C/CC/C=C/C(O)C(COC1OC(CO)C(OC2OC(CO)C(O)C(O)C2O)C(O)C1O)NC(=O)CCCCCCCCCCCCCC. The van der Waals surface area contributed by atoms with Gasteiger partial charge < -0.3 is 65.1 Å². The molecule has 0 aromatic heterocycles. The molecule has 14 heteroatoms. The lowest BCUT2D eigenvalue weighted by Gasteiger charge is -2.46. The summed E-state index contributed by atoms with van der Waals surface area (Å²) in [5.74, 6) is -0.256. The molecule has 12 atom stereocenters. The predicted octanol–water partition coefficient (Wildman–Crippen LogP) is 2.65. The molecule has 0 saturated carbocycles. The molecule has 2 heterocycles. The number of allylic oxidation sites excluding steroid dienone is 3. The third-order valence-corrected chi connectivity index (χ3v) is 10.1. The van der Waals surface area contributed by atoms with Crippen LogP contribution in [-0.4, -0.2) is 140 Å². The summed E-state index contributed by atoms with van der Waals surface area (Å²) in [5.41, 5.74) is 0. The summed E-state index contributed by atoms with van der Waals surface area (Å²) >= 11 is 0. The topological polar surface area (TPSA) is 228 Å². The summed E-state index contributed by atoms with van der Waals surface area (Å²) in [6.07, 6.45) is 9.76. The number of rotatable bonds is 29. The molecule has 2 fully saturated rings. The smallest absolute Gasteiger partial charge is 0.220 e. The van der Waals surface area contributed by atoms with Crippen molar-refractivity contribution < 1.29 is 64.6 Å². The summed E-state index contributed by atoms with van der Waals surface area (Å²) in [4.78, 5) is 13.0. The van der Waals surface area contributed by atoms with Crippen molar-refractivity contribution >= 4 is 5.91 Å². The number of carbonyl (C=O) groups is 1. The first kappa shape index (κ1) is 48.6. The van der Waals surface area contributed by atoms with E-state index in [1.807, 2.05) is 6.08 Å². The van der Waals surface area contributed by atoms with Crippen molar-refractivity contribution in [2.45, 2.75) is 203 Å². The van der Waals surface area contributed by atoms with Crippen molar-refractivity contribution in [1.29, 1.82) is 0 Å². The van der Waals surface area contributed by atoms with E-state index in [1.165, 1.54) is 51.4 Å². The first-order valence-corrected chi connectivity index (χ1v) is 20.6. The fourth-order valence-electron chi connectivity index (χ4n) is 6.64. The Bertz CT molecular complexity index is 1010. The Morgan fingerprint density at radius 1 is 0.648 bits per heavy atom. The highest BCUT2D eigenvalue weighted by Crippen LogP contribution is 2.29. The van der Waals surface area contributed by atoms with E-state index < -0.39 is 86.8 Å². The van der Waals surface area contributed by atoms with Crippen molar-refractivity contribution in [3.8, 4) is 0 Å². The molecular weight excluding hydrogens is 702 g/mol. The molecule has 0 radical (unpaired) electrons. The van der Waals surface area contributed by atoms with E-state index in [-0.39, 0.29) is 18.9 Å². The normalized spacial score (nSPS) is 30.3. The zero-order chi connectivity index (χ0) is 39.7. The molecule has 2 aliphatic heterocycles. The summed E-state index contributed by atoms with van der Waals surface area (Å²) in [6.45, 7) is 2.64. The van der Waals surface area contributed by atoms with Gasteiger partial charge in [0.15, 0.2) is 12.6 Å². The highest BCUT2D eigenvalue weighted by molar-refractivity contribution is 5.76. The Kier molecular flexibility index (Phi) is 25.9. The lowest BCUT2D eigenvalue weighted by molar-refractivity contribution is -0.359. The Morgan fingerprint density at radius 3 is 1.80 bits per heavy atom. The molecule has 0 spiro atoms. The molecule has 1 amide bonds. The number of carbonyl (C=O) groups excluding carboxylic acids is 1. The predicted molar refractivity (Wildman–Crippen MR) is 203 cm³/mol. The van der Waals surface area contributed by atoms with Gasteiger partial charge in [0.25, 0.3) is 0 Å². The van der Waals surface area contributed by atoms with Gasteiger partial charge in [0, 0.05) is 6.42 Å². The zero-order valence-electron chi connectivity index (χ0n) is 32.7. The Morgan fingerprint density at radius 2 is 1.19 bits per heavy atom. The number of nitrogens with one attached hydrogen (secondary N) is 1. The van der Waals surface area contributed by atoms with E-state index in [0.717, 1.165) is 44.9 Å². The first-order chi connectivity index (χ1) is 26.1. The van der Waals surface area contributed by atoms with Crippen LogP contribution in [0.25, 0.3) is 0 Å². The minimum Gasteiger partial charge on any atom is -0.394 e. The lowest BCUT2D eigenvalue weighted by atomic mass is 9.97. The Balaban J connectivity index is 1.94. The summed E-state index contributed by atoms with van der Waals surface area (Å²) in [5, 5.41) is 86.0. The molecule has 0 aromatic carbocycles. The molecule has 54 heavy (non-hydrogen) atoms. The summed E-state index contributed by atoms with van der Waals surface area (Å²) in [7, 11) is 0. The lowest BCUT2D eigenvalue weighted by Crippen LogP contribution is -2.65. The number of aliphatic hydroxyl groups excluding tert-OH is 8. The van der Waals surface area contributed by atoms with E-state index in [0.29, 0.717) is 12.8 Å². The minimum atomic E-state index is -1.79. The molecule has 0 aromatic rings. The molecule has 0 aliphatic carbocycles. The largest absolute Gasteiger partial charge is 0.394 e. The van der Waals surface area contributed by atoms with Crippen molar-refractivity contribution in [3.63, 3.8) is 0 Å². The number of amides is 1. The van der Waals surface area contributed by atoms with Gasteiger partial charge in [-0.05, 0) is 25.7 Å². The van der Waals surface area contributed by atoms with Gasteiger partial charge in [-0.3, -0.25) is 4.79 Å². The summed E-state index contributed by atoms with van der Waals surface area (Å²) < 4.78 is 22.5. The molecule has 2 aliphatic rings. The number of ether oxygens (including phenoxy) is 4. The monoisotopic (exact) mass is 776 g/mol. The van der Waals surface area contributed by atoms with E-state index in [4.69, 9.17) is 18.9 Å². The van der Waals surface area contributed by atoms with Crippen LogP contribution in [0.1, 0.15) is 129 Å². The van der Waals surface area contributed by atoms with E-state index in [1.54, 1.807) is 6.08 Å². The maximum Gasteiger partial charge on any atom is 0.220 e. The number of aliphatic hydroxyl groups is 8. The van der Waals surface area contributed by atoms with Crippen LogP contribution in [0.5, 0.6) is 0 Å². The van der Waals surface area contributed by atoms with Crippen LogP contribution in [-0.2, 0) is 23.7 Å². The fraction of sp³-hybridized carbons (Fsp3) is 0.875. The van der Waals surface area contributed by atoms with E-state index >= 15 is 0 Å². The highest BCUT2D eigenvalue weighted by atomic mass is 16.7. The van der Waals surface area contributed by atoms with Gasteiger partial charge in [0.05, 0.1) is 32.0 Å². The second-order valence-electron chi connectivity index (χ2n) is 14.8. The summed E-state index contributed by atoms with van der Waals surface area (Å²) in [6, 6.07) is -0.921. The van der Waals surface area contributed by atoms with Crippen LogP contribution >= 0.6 is 0 Å². The molecule has 316 valence electrons. The Hall–Kier alpha value is -1.53. The molecule has 2 saturated heterocycles. The van der Waals surface area contributed by atoms with Crippen LogP contribution in [0.4, 0.5) is 0 Å². The van der Waals surface area contributed by atoms with Gasteiger partial charge in [-0.25, -0.2) is 0 Å². The van der Waals surface area contributed by atoms with Crippen LogP contribution in [0.2, 0.25) is 0 Å². The van der Waals surface area contributed by atoms with Gasteiger partial charge in [0.2, 0.25) is 5.91 Å². The van der Waals surface area contributed by atoms with Crippen molar-refractivity contribution in [2.24, 2.45) is 0 Å². The van der Waals surface area contributed by atoms with Crippen molar-refractivity contribution in [3.05, 3.63) is 24.3 Å². The Labute approximate surface area is 322 Å². The van der Waals surface area contributed by atoms with Gasteiger partial charge in [-0.1, -0.05) is 122 Å².